The summed E-state index contributed by atoms with van der Waals surface area (Å²) in [7, 11) is -6.01. The fraction of sp³-hybridized carbons (Fsp3) is 0.349. The second kappa shape index (κ2) is 14.6. The summed E-state index contributed by atoms with van der Waals surface area (Å²) in [5, 5.41) is 16.1. The van der Waals surface area contributed by atoms with Crippen molar-refractivity contribution in [2.45, 2.75) is 89.4 Å². The lowest BCUT2D eigenvalue weighted by molar-refractivity contribution is -0.141. The molecule has 5 nitrogen and oxygen atoms in total. The van der Waals surface area contributed by atoms with E-state index in [4.69, 9.17) is 18.3 Å². The molecule has 5 rings (SSSR count). The van der Waals surface area contributed by atoms with E-state index in [1.54, 1.807) is 0 Å². The summed E-state index contributed by atoms with van der Waals surface area (Å²) in [6.07, 6.45) is 5.71. The Morgan fingerprint density at radius 3 is 1.20 bits per heavy atom. The second-order valence-electron chi connectivity index (χ2n) is 15.5. The molecule has 1 fully saturated rings. The molecule has 50 heavy (non-hydrogen) atoms. The second-order valence-corrected chi connectivity index (χ2v) is 23.9. The number of hydrogen-bond donors (Lipinski definition) is 1. The van der Waals surface area contributed by atoms with Gasteiger partial charge in [0.25, 0.3) is 0 Å². The van der Waals surface area contributed by atoms with Crippen LogP contribution in [0.4, 0.5) is 0 Å². The van der Waals surface area contributed by atoms with Gasteiger partial charge in [0.2, 0.25) is 0 Å². The van der Waals surface area contributed by atoms with Gasteiger partial charge >= 0.3 is 16.6 Å². The van der Waals surface area contributed by atoms with E-state index in [1.165, 1.54) is 0 Å². The quantitative estimate of drug-likeness (QED) is 0.172. The van der Waals surface area contributed by atoms with E-state index < -0.39 is 34.1 Å². The predicted molar refractivity (Wildman–Crippen MR) is 207 cm³/mol. The van der Waals surface area contributed by atoms with E-state index in [0.29, 0.717) is 6.61 Å². The molecule has 260 valence electrons. The first-order valence-electron chi connectivity index (χ1n) is 17.3. The number of hydrogen-bond acceptors (Lipinski definition) is 5. The van der Waals surface area contributed by atoms with Gasteiger partial charge in [0.15, 0.2) is 11.4 Å². The SMILES string of the molecule is CC1(C)OC[C@H](CC(O)(C#CO[Si](c2ccccc2)(c2ccccc2)C(C)(C)C)C#CO[Si](c2ccccc2)(c2ccccc2)C(C)(C)C)O1. The Kier molecular flexibility index (Phi) is 10.9. The van der Waals surface area contributed by atoms with Crippen molar-refractivity contribution >= 4 is 37.4 Å². The van der Waals surface area contributed by atoms with Gasteiger partial charge in [-0.1, -0.05) is 163 Å². The van der Waals surface area contributed by atoms with E-state index in [2.05, 4.69) is 114 Å². The molecule has 1 heterocycles. The van der Waals surface area contributed by atoms with Crippen molar-refractivity contribution in [2.24, 2.45) is 0 Å². The fourth-order valence-electron chi connectivity index (χ4n) is 7.00. The van der Waals surface area contributed by atoms with Crippen molar-refractivity contribution in [1.82, 2.24) is 0 Å². The highest BCUT2D eigenvalue weighted by Crippen LogP contribution is 2.38. The van der Waals surface area contributed by atoms with Gasteiger partial charge < -0.3 is 23.4 Å². The number of ether oxygens (including phenoxy) is 2. The molecule has 0 amide bonds. The lowest BCUT2D eigenvalue weighted by atomic mass is 9.98. The lowest BCUT2D eigenvalue weighted by Crippen LogP contribution is -2.66. The first-order valence-corrected chi connectivity index (χ1v) is 21.1. The summed E-state index contributed by atoms with van der Waals surface area (Å²) in [4.78, 5) is 0. The molecule has 1 aliphatic heterocycles. The van der Waals surface area contributed by atoms with Crippen LogP contribution in [-0.2, 0) is 18.3 Å². The normalized spacial score (nSPS) is 16.4. The highest BCUT2D eigenvalue weighted by molar-refractivity contribution is 7.00. The summed E-state index contributed by atoms with van der Waals surface area (Å²) >= 11 is 0. The zero-order chi connectivity index (χ0) is 36.1. The number of aliphatic hydroxyl groups is 1. The minimum Gasteiger partial charge on any atom is -0.489 e. The van der Waals surface area contributed by atoms with Crippen molar-refractivity contribution in [3.05, 3.63) is 121 Å². The first-order chi connectivity index (χ1) is 23.6. The van der Waals surface area contributed by atoms with Gasteiger partial charge in [-0.05, 0) is 46.4 Å². The highest BCUT2D eigenvalue weighted by atomic mass is 28.4. The molecule has 1 N–H and O–H groups in total. The Morgan fingerprint density at radius 1 is 0.620 bits per heavy atom. The molecule has 0 spiro atoms. The highest BCUT2D eigenvalue weighted by Gasteiger charge is 2.53. The van der Waals surface area contributed by atoms with Gasteiger partial charge in [0.1, 0.15) is 0 Å². The van der Waals surface area contributed by atoms with E-state index in [9.17, 15) is 5.11 Å². The van der Waals surface area contributed by atoms with Crippen LogP contribution in [0, 0.1) is 24.1 Å². The molecule has 0 aliphatic carbocycles. The van der Waals surface area contributed by atoms with Gasteiger partial charge in [-0.3, -0.25) is 0 Å². The number of rotatable bonds is 8. The van der Waals surface area contributed by atoms with Crippen molar-refractivity contribution in [3.8, 4) is 24.1 Å². The molecule has 4 aromatic carbocycles. The molecule has 0 aromatic heterocycles. The van der Waals surface area contributed by atoms with E-state index in [1.807, 2.05) is 86.6 Å². The molecule has 0 bridgehead atoms. The molecule has 7 heteroatoms. The van der Waals surface area contributed by atoms with E-state index >= 15 is 0 Å². The third-order valence-electron chi connectivity index (χ3n) is 9.35. The van der Waals surface area contributed by atoms with Crippen LogP contribution >= 0.6 is 0 Å². The van der Waals surface area contributed by atoms with Crippen LogP contribution in [0.2, 0.25) is 10.1 Å². The molecule has 0 radical (unpaired) electrons. The van der Waals surface area contributed by atoms with Crippen molar-refractivity contribution in [2.75, 3.05) is 6.61 Å². The summed E-state index contributed by atoms with van der Waals surface area (Å²) in [5.74, 6) is 5.36. The summed E-state index contributed by atoms with van der Waals surface area (Å²) in [6.45, 7) is 17.2. The summed E-state index contributed by atoms with van der Waals surface area (Å²) in [6, 6.07) is 41.2. The maximum atomic E-state index is 12.3. The monoisotopic (exact) mass is 702 g/mol. The third kappa shape index (κ3) is 7.79. The van der Waals surface area contributed by atoms with Crippen LogP contribution in [-0.4, -0.2) is 45.8 Å². The Balaban J connectivity index is 1.61. The minimum atomic E-state index is -3.00. The minimum absolute atomic E-state index is 0.0879. The maximum Gasteiger partial charge on any atom is 0.332 e. The van der Waals surface area contributed by atoms with Gasteiger partial charge in [-0.25, -0.2) is 0 Å². The zero-order valence-electron chi connectivity index (χ0n) is 30.6. The van der Waals surface area contributed by atoms with E-state index in [-0.39, 0.29) is 16.5 Å². The molecule has 1 atom stereocenters. The van der Waals surface area contributed by atoms with Gasteiger partial charge in [-0.2, -0.15) is 0 Å². The Morgan fingerprint density at radius 2 is 0.940 bits per heavy atom. The number of benzene rings is 4. The largest absolute Gasteiger partial charge is 0.489 e. The molecule has 4 aromatic rings. The molecular weight excluding hydrogens is 653 g/mol. The van der Waals surface area contributed by atoms with Crippen molar-refractivity contribution in [3.63, 3.8) is 0 Å². The first kappa shape index (κ1) is 37.2. The van der Waals surface area contributed by atoms with Crippen molar-refractivity contribution < 1.29 is 23.4 Å². The van der Waals surface area contributed by atoms with Gasteiger partial charge in [-0.15, -0.1) is 0 Å². The Labute approximate surface area is 301 Å². The molecule has 0 unspecified atom stereocenters. The summed E-state index contributed by atoms with van der Waals surface area (Å²) in [5.41, 5.74) is -1.83. The Hall–Kier alpha value is -4.09. The van der Waals surface area contributed by atoms with Crippen LogP contribution in [0.3, 0.4) is 0 Å². The van der Waals surface area contributed by atoms with Crippen LogP contribution in [0.5, 0.6) is 0 Å². The van der Waals surface area contributed by atoms with Crippen LogP contribution < -0.4 is 20.7 Å². The summed E-state index contributed by atoms with van der Waals surface area (Å²) < 4.78 is 25.7. The fourth-order valence-corrected chi connectivity index (χ4v) is 15.3. The zero-order valence-corrected chi connectivity index (χ0v) is 32.6. The average molecular weight is 703 g/mol. The molecule has 0 saturated carbocycles. The molecule has 1 aliphatic rings. The van der Waals surface area contributed by atoms with Crippen molar-refractivity contribution in [1.29, 1.82) is 0 Å². The molecule has 1 saturated heterocycles. The van der Waals surface area contributed by atoms with Crippen LogP contribution in [0.15, 0.2) is 121 Å². The molecular formula is C43H50O5Si2. The van der Waals surface area contributed by atoms with Gasteiger partial charge in [0, 0.05) is 16.5 Å². The third-order valence-corrected chi connectivity index (χ3v) is 19.0. The predicted octanol–water partition coefficient (Wildman–Crippen LogP) is 6.33. The van der Waals surface area contributed by atoms with Crippen LogP contribution in [0.1, 0.15) is 61.8 Å². The Bertz CT molecular complexity index is 1630. The van der Waals surface area contributed by atoms with E-state index in [0.717, 1.165) is 20.7 Å². The lowest BCUT2D eigenvalue weighted by Gasteiger charge is -2.40. The van der Waals surface area contributed by atoms with Crippen LogP contribution in [0.25, 0.3) is 0 Å². The standard InChI is InChI=1S/C43H50O5Si2/c1-40(2,3)49(36-21-13-9-14-22-36,37-23-15-10-16-24-37)46-31-29-43(44,33-35-34-45-42(7,8)48-35)30-32-47-50(41(4,5)6,38-25-17-11-18-26-38)39-27-19-12-20-28-39/h9-28,35,44H,33-34H2,1-8H3/t35-/m0/s1. The topological polar surface area (TPSA) is 57.2 Å². The smallest absolute Gasteiger partial charge is 0.332 e. The van der Waals surface area contributed by atoms with Gasteiger partial charge in [0.05, 0.1) is 24.9 Å². The average Bonchev–Trinajstić information content (AvgIpc) is 3.42. The maximum absolute atomic E-state index is 12.3.